The number of carbonyl (C=O) groups is 1. The highest BCUT2D eigenvalue weighted by atomic mass is 19.4. The summed E-state index contributed by atoms with van der Waals surface area (Å²) < 4.78 is 54.9. The van der Waals surface area contributed by atoms with Crippen molar-refractivity contribution in [1.82, 2.24) is 4.98 Å². The molecule has 1 aromatic heterocycles. The van der Waals surface area contributed by atoms with Gasteiger partial charge in [0.1, 0.15) is 29.6 Å². The van der Waals surface area contributed by atoms with Gasteiger partial charge in [-0.25, -0.2) is 4.98 Å². The summed E-state index contributed by atoms with van der Waals surface area (Å²) in [6.07, 6.45) is -4.41. The lowest BCUT2D eigenvalue weighted by atomic mass is 10.0. The molecule has 34 heavy (non-hydrogen) atoms. The molecule has 0 fully saturated rings. The third-order valence-corrected chi connectivity index (χ3v) is 5.18. The van der Waals surface area contributed by atoms with E-state index >= 15 is 0 Å². The second kappa shape index (κ2) is 9.43. The Kier molecular flexibility index (Phi) is 6.40. The van der Waals surface area contributed by atoms with Crippen molar-refractivity contribution < 1.29 is 31.9 Å². The van der Waals surface area contributed by atoms with Gasteiger partial charge in [-0.2, -0.15) is 13.2 Å². The first kappa shape index (κ1) is 23.1. The number of hydrogen-bond donors (Lipinski definition) is 0. The van der Waals surface area contributed by atoms with Crippen LogP contribution in [0.5, 0.6) is 11.5 Å². The summed E-state index contributed by atoms with van der Waals surface area (Å²) in [6.45, 7) is 1.76. The van der Waals surface area contributed by atoms with Crippen molar-refractivity contribution in [2.75, 3.05) is 7.11 Å². The van der Waals surface area contributed by atoms with Crippen LogP contribution in [0.3, 0.4) is 0 Å². The molecule has 0 bridgehead atoms. The van der Waals surface area contributed by atoms with Gasteiger partial charge < -0.3 is 13.9 Å². The van der Waals surface area contributed by atoms with Gasteiger partial charge in [-0.3, -0.25) is 4.79 Å². The van der Waals surface area contributed by atoms with Crippen LogP contribution in [-0.4, -0.2) is 17.9 Å². The molecule has 8 heteroatoms. The molecule has 5 nitrogen and oxygen atoms in total. The van der Waals surface area contributed by atoms with Gasteiger partial charge in [-0.15, -0.1) is 0 Å². The maximum atomic E-state index is 12.8. The molecule has 0 radical (unpaired) electrons. The van der Waals surface area contributed by atoms with Crippen molar-refractivity contribution in [2.24, 2.45) is 0 Å². The lowest BCUT2D eigenvalue weighted by molar-refractivity contribution is -0.137. The second-order valence-corrected chi connectivity index (χ2v) is 7.47. The number of aryl methyl sites for hydroxylation is 1. The lowest BCUT2D eigenvalue weighted by Gasteiger charge is -2.07. The fourth-order valence-electron chi connectivity index (χ4n) is 3.28. The van der Waals surface area contributed by atoms with Crippen molar-refractivity contribution in [3.63, 3.8) is 0 Å². The van der Waals surface area contributed by atoms with Gasteiger partial charge in [0.15, 0.2) is 5.78 Å². The fraction of sp³-hybridized carbons (Fsp3) is 0.154. The zero-order valence-electron chi connectivity index (χ0n) is 18.3. The molecule has 174 valence electrons. The monoisotopic (exact) mass is 467 g/mol. The van der Waals surface area contributed by atoms with E-state index in [1.165, 1.54) is 12.1 Å². The van der Waals surface area contributed by atoms with Crippen molar-refractivity contribution in [3.8, 4) is 23.0 Å². The van der Waals surface area contributed by atoms with Crippen LogP contribution < -0.4 is 9.47 Å². The number of ether oxygens (including phenoxy) is 2. The van der Waals surface area contributed by atoms with Crippen LogP contribution in [0.4, 0.5) is 13.2 Å². The summed E-state index contributed by atoms with van der Waals surface area (Å²) in [7, 11) is 1.56. The highest BCUT2D eigenvalue weighted by molar-refractivity contribution is 6.09. The van der Waals surface area contributed by atoms with Gasteiger partial charge in [-0.1, -0.05) is 12.1 Å². The molecular weight excluding hydrogens is 447 g/mol. The van der Waals surface area contributed by atoms with Gasteiger partial charge in [0.05, 0.1) is 12.7 Å². The van der Waals surface area contributed by atoms with E-state index in [4.69, 9.17) is 13.9 Å². The summed E-state index contributed by atoms with van der Waals surface area (Å²) in [5.41, 5.74) is 1.17. The average molecular weight is 467 g/mol. The minimum absolute atomic E-state index is 0.0656. The molecule has 4 rings (SSSR count). The summed E-state index contributed by atoms with van der Waals surface area (Å²) in [6, 6.07) is 18.2. The molecule has 1 heterocycles. The smallest absolute Gasteiger partial charge is 0.416 e. The van der Waals surface area contributed by atoms with Gasteiger partial charge >= 0.3 is 6.18 Å². The first-order chi connectivity index (χ1) is 16.2. The Labute approximate surface area is 193 Å². The molecule has 0 aliphatic rings. The predicted octanol–water partition coefficient (Wildman–Crippen LogP) is 6.49. The SMILES string of the molecule is COc1ccc(C(=O)c2cccc(OCc3nc(-c4ccc(C(F)(F)F)cc4)oc3C)c2)cc1. The van der Waals surface area contributed by atoms with E-state index in [0.717, 1.165) is 12.1 Å². The van der Waals surface area contributed by atoms with Gasteiger partial charge in [0.2, 0.25) is 5.89 Å². The number of benzene rings is 3. The molecule has 4 aromatic rings. The molecular formula is C26H20F3NO4. The molecule has 0 N–H and O–H groups in total. The van der Waals surface area contributed by atoms with Gasteiger partial charge in [-0.05, 0) is 67.6 Å². The largest absolute Gasteiger partial charge is 0.497 e. The maximum Gasteiger partial charge on any atom is 0.416 e. The highest BCUT2D eigenvalue weighted by Gasteiger charge is 2.30. The number of ketones is 1. The Bertz CT molecular complexity index is 1290. The van der Waals surface area contributed by atoms with E-state index in [1.54, 1.807) is 62.6 Å². The Morgan fingerprint density at radius 2 is 1.65 bits per heavy atom. The van der Waals surface area contributed by atoms with Crippen LogP contribution >= 0.6 is 0 Å². The fourth-order valence-corrected chi connectivity index (χ4v) is 3.28. The molecule has 0 aliphatic heterocycles. The van der Waals surface area contributed by atoms with E-state index in [0.29, 0.717) is 39.6 Å². The minimum Gasteiger partial charge on any atom is -0.497 e. The summed E-state index contributed by atoms with van der Waals surface area (Å²) in [5, 5.41) is 0. The number of halogens is 3. The Hall–Kier alpha value is -4.07. The third kappa shape index (κ3) is 5.11. The minimum atomic E-state index is -4.41. The quantitative estimate of drug-likeness (QED) is 0.291. The van der Waals surface area contributed by atoms with Gasteiger partial charge in [0, 0.05) is 16.7 Å². The van der Waals surface area contributed by atoms with Crippen molar-refractivity contribution in [2.45, 2.75) is 19.7 Å². The first-order valence-electron chi connectivity index (χ1n) is 10.3. The Balaban J connectivity index is 1.46. The molecule has 0 aliphatic carbocycles. The van der Waals surface area contributed by atoms with Crippen LogP contribution in [0, 0.1) is 6.92 Å². The Morgan fingerprint density at radius 1 is 0.941 bits per heavy atom. The third-order valence-electron chi connectivity index (χ3n) is 5.18. The molecule has 3 aromatic carbocycles. The van der Waals surface area contributed by atoms with Crippen molar-refractivity contribution >= 4 is 5.78 Å². The number of alkyl halides is 3. The van der Waals surface area contributed by atoms with Crippen LogP contribution in [0.2, 0.25) is 0 Å². The van der Waals surface area contributed by atoms with E-state index in [-0.39, 0.29) is 18.3 Å². The standard InChI is InChI=1S/C26H20F3NO4/c1-16-23(30-25(34-16)18-6-10-20(11-7-18)26(27,28)29)15-33-22-5-3-4-19(14-22)24(31)17-8-12-21(32-2)13-9-17/h3-14H,15H2,1-2H3. The molecule has 0 spiro atoms. The number of carbonyl (C=O) groups excluding carboxylic acids is 1. The maximum absolute atomic E-state index is 12.8. The highest BCUT2D eigenvalue weighted by Crippen LogP contribution is 2.31. The number of hydrogen-bond acceptors (Lipinski definition) is 5. The number of methoxy groups -OCH3 is 1. The van der Waals surface area contributed by atoms with E-state index in [9.17, 15) is 18.0 Å². The molecule has 0 atom stereocenters. The summed E-state index contributed by atoms with van der Waals surface area (Å²) in [4.78, 5) is 17.1. The number of rotatable bonds is 7. The van der Waals surface area contributed by atoms with E-state index in [2.05, 4.69) is 4.98 Å². The van der Waals surface area contributed by atoms with Crippen LogP contribution in [-0.2, 0) is 12.8 Å². The van der Waals surface area contributed by atoms with Crippen LogP contribution in [0.15, 0.2) is 77.2 Å². The van der Waals surface area contributed by atoms with Gasteiger partial charge in [0.25, 0.3) is 0 Å². The van der Waals surface area contributed by atoms with E-state index < -0.39 is 11.7 Å². The average Bonchev–Trinajstić information content (AvgIpc) is 3.22. The molecule has 0 unspecified atom stereocenters. The normalized spacial score (nSPS) is 11.3. The summed E-state index contributed by atoms with van der Waals surface area (Å²) >= 11 is 0. The lowest BCUT2D eigenvalue weighted by Crippen LogP contribution is -2.04. The molecule has 0 amide bonds. The van der Waals surface area contributed by atoms with Crippen LogP contribution in [0.1, 0.15) is 32.9 Å². The van der Waals surface area contributed by atoms with E-state index in [1.807, 2.05) is 0 Å². The number of oxazole rings is 1. The van der Waals surface area contributed by atoms with Crippen LogP contribution in [0.25, 0.3) is 11.5 Å². The molecule has 0 saturated heterocycles. The summed E-state index contributed by atoms with van der Waals surface area (Å²) in [5.74, 6) is 1.66. The zero-order valence-corrected chi connectivity index (χ0v) is 18.3. The van der Waals surface area contributed by atoms with Crippen molar-refractivity contribution in [3.05, 3.63) is 101 Å². The van der Waals surface area contributed by atoms with Crippen molar-refractivity contribution in [1.29, 1.82) is 0 Å². The number of aromatic nitrogens is 1. The zero-order chi connectivity index (χ0) is 24.3. The topological polar surface area (TPSA) is 61.6 Å². The first-order valence-corrected chi connectivity index (χ1v) is 10.3. The predicted molar refractivity (Wildman–Crippen MR) is 119 cm³/mol. The molecule has 0 saturated carbocycles. The second-order valence-electron chi connectivity index (χ2n) is 7.47. The Morgan fingerprint density at radius 3 is 2.29 bits per heavy atom. The number of nitrogens with zero attached hydrogens (tertiary/aromatic N) is 1.